The van der Waals surface area contributed by atoms with Crippen molar-refractivity contribution in [2.45, 2.75) is 6.42 Å². The normalized spacial score (nSPS) is 14.6. The summed E-state index contributed by atoms with van der Waals surface area (Å²) in [4.78, 5) is 25.2. The van der Waals surface area contributed by atoms with Gasteiger partial charge in [0.2, 0.25) is 0 Å². The Bertz CT molecular complexity index is 498. The number of likely N-dealkylation sites (N-methyl/N-ethyl adjacent to an activating group) is 1. The summed E-state index contributed by atoms with van der Waals surface area (Å²) >= 11 is 0. The van der Waals surface area contributed by atoms with Gasteiger partial charge in [0.05, 0.1) is 5.56 Å². The van der Waals surface area contributed by atoms with Crippen LogP contribution in [0, 0.1) is 0 Å². The maximum Gasteiger partial charge on any atom is 0.332 e. The molecule has 0 saturated carbocycles. The molecule has 0 aliphatic carbocycles. The monoisotopic (exact) mass is 195 g/mol. The zero-order valence-electron chi connectivity index (χ0n) is 8.57. The van der Waals surface area contributed by atoms with E-state index in [4.69, 9.17) is 0 Å². The molecule has 0 radical (unpaired) electrons. The first-order valence-electron chi connectivity index (χ1n) is 4.54. The van der Waals surface area contributed by atoms with Crippen molar-refractivity contribution in [3.8, 4) is 0 Å². The molecule has 5 heteroatoms. The standard InChI is InChI=1S/C9H13N3O2/c1-10-5-4-6-7(10)11(2)9(14)12(3)8(6)13/h4-5H2,1-3H3. The number of nitrogens with zero attached hydrogens (tertiary/aromatic N) is 3. The molecule has 2 heterocycles. The van der Waals surface area contributed by atoms with Gasteiger partial charge >= 0.3 is 5.69 Å². The zero-order valence-corrected chi connectivity index (χ0v) is 8.57. The Balaban J connectivity index is 2.92. The Hall–Kier alpha value is -1.52. The first kappa shape index (κ1) is 9.05. The lowest BCUT2D eigenvalue weighted by Crippen LogP contribution is -2.39. The van der Waals surface area contributed by atoms with Gasteiger partial charge in [0, 0.05) is 27.7 Å². The van der Waals surface area contributed by atoms with Crippen molar-refractivity contribution in [3.63, 3.8) is 0 Å². The van der Waals surface area contributed by atoms with E-state index >= 15 is 0 Å². The molecule has 0 bridgehead atoms. The second kappa shape index (κ2) is 2.73. The Labute approximate surface area is 81.2 Å². The highest BCUT2D eigenvalue weighted by atomic mass is 16.2. The van der Waals surface area contributed by atoms with Gasteiger partial charge in [-0.1, -0.05) is 0 Å². The summed E-state index contributed by atoms with van der Waals surface area (Å²) < 4.78 is 2.70. The van der Waals surface area contributed by atoms with E-state index in [1.165, 1.54) is 11.6 Å². The first-order valence-corrected chi connectivity index (χ1v) is 4.54. The molecule has 1 aromatic heterocycles. The highest BCUT2D eigenvalue weighted by molar-refractivity contribution is 5.50. The smallest absolute Gasteiger partial charge is 0.332 e. The average Bonchev–Trinajstić information content (AvgIpc) is 2.54. The SMILES string of the molecule is CN1CCc2c1n(C)c(=O)n(C)c2=O. The number of aromatic nitrogens is 2. The van der Waals surface area contributed by atoms with Crippen LogP contribution < -0.4 is 16.1 Å². The van der Waals surface area contributed by atoms with E-state index in [0.717, 1.165) is 28.9 Å². The molecule has 1 aromatic rings. The second-order valence-corrected chi connectivity index (χ2v) is 3.68. The Morgan fingerprint density at radius 1 is 1.07 bits per heavy atom. The van der Waals surface area contributed by atoms with Crippen molar-refractivity contribution in [3.05, 3.63) is 26.4 Å². The zero-order chi connectivity index (χ0) is 10.5. The quantitative estimate of drug-likeness (QED) is 0.537. The fraction of sp³-hybridized carbons (Fsp3) is 0.556. The number of rotatable bonds is 0. The van der Waals surface area contributed by atoms with Crippen LogP contribution in [0.2, 0.25) is 0 Å². The maximum absolute atomic E-state index is 11.7. The lowest BCUT2D eigenvalue weighted by Gasteiger charge is -2.15. The predicted octanol–water partition coefficient (Wildman–Crippen LogP) is -0.924. The lowest BCUT2D eigenvalue weighted by molar-refractivity contribution is 0.680. The van der Waals surface area contributed by atoms with Gasteiger partial charge in [-0.05, 0) is 6.42 Å². The van der Waals surface area contributed by atoms with Crippen molar-refractivity contribution in [1.29, 1.82) is 0 Å². The summed E-state index contributed by atoms with van der Waals surface area (Å²) in [5, 5.41) is 0. The van der Waals surface area contributed by atoms with E-state index in [2.05, 4.69) is 0 Å². The van der Waals surface area contributed by atoms with Gasteiger partial charge in [0.1, 0.15) is 5.82 Å². The molecule has 0 aromatic carbocycles. The van der Waals surface area contributed by atoms with Crippen LogP contribution in [0.1, 0.15) is 5.56 Å². The molecule has 0 spiro atoms. The molecule has 0 fully saturated rings. The van der Waals surface area contributed by atoms with Gasteiger partial charge < -0.3 is 4.90 Å². The third-order valence-electron chi connectivity index (χ3n) is 2.78. The minimum atomic E-state index is -0.262. The van der Waals surface area contributed by atoms with Gasteiger partial charge in [0.15, 0.2) is 0 Å². The summed E-state index contributed by atoms with van der Waals surface area (Å²) in [5.41, 5.74) is 0.326. The largest absolute Gasteiger partial charge is 0.360 e. The molecule has 1 aliphatic heterocycles. The third kappa shape index (κ3) is 0.950. The van der Waals surface area contributed by atoms with Crippen LogP contribution in [-0.2, 0) is 20.5 Å². The van der Waals surface area contributed by atoms with Crippen LogP contribution in [0.5, 0.6) is 0 Å². The van der Waals surface area contributed by atoms with E-state index in [1.54, 1.807) is 7.05 Å². The van der Waals surface area contributed by atoms with E-state index in [0.29, 0.717) is 0 Å². The molecule has 14 heavy (non-hydrogen) atoms. The molecule has 0 amide bonds. The Morgan fingerprint density at radius 3 is 2.36 bits per heavy atom. The molecule has 0 unspecified atom stereocenters. The van der Waals surface area contributed by atoms with Crippen LogP contribution >= 0.6 is 0 Å². The fourth-order valence-corrected chi connectivity index (χ4v) is 1.99. The van der Waals surface area contributed by atoms with Crippen LogP contribution in [0.25, 0.3) is 0 Å². The fourth-order valence-electron chi connectivity index (χ4n) is 1.99. The predicted molar refractivity (Wildman–Crippen MR) is 53.9 cm³/mol. The second-order valence-electron chi connectivity index (χ2n) is 3.68. The van der Waals surface area contributed by atoms with E-state index < -0.39 is 0 Å². The molecule has 2 rings (SSSR count). The summed E-state index contributed by atoms with van der Waals surface area (Å²) in [6, 6.07) is 0. The van der Waals surface area contributed by atoms with E-state index in [1.807, 2.05) is 11.9 Å². The molecule has 0 saturated heterocycles. The Morgan fingerprint density at radius 2 is 1.71 bits per heavy atom. The van der Waals surface area contributed by atoms with Gasteiger partial charge in [0.25, 0.3) is 5.56 Å². The third-order valence-corrected chi connectivity index (χ3v) is 2.78. The maximum atomic E-state index is 11.7. The molecular weight excluding hydrogens is 182 g/mol. The van der Waals surface area contributed by atoms with Gasteiger partial charge in [-0.3, -0.25) is 13.9 Å². The van der Waals surface area contributed by atoms with E-state index in [-0.39, 0.29) is 11.2 Å². The number of hydrogen-bond acceptors (Lipinski definition) is 3. The molecule has 76 valence electrons. The van der Waals surface area contributed by atoms with Gasteiger partial charge in [-0.2, -0.15) is 0 Å². The van der Waals surface area contributed by atoms with E-state index in [9.17, 15) is 9.59 Å². The molecule has 0 N–H and O–H groups in total. The molecular formula is C9H13N3O2. The van der Waals surface area contributed by atoms with Gasteiger partial charge in [-0.15, -0.1) is 0 Å². The lowest BCUT2D eigenvalue weighted by atomic mass is 10.2. The summed E-state index contributed by atoms with van der Waals surface area (Å²) in [6.07, 6.45) is 0.729. The topological polar surface area (TPSA) is 47.2 Å². The van der Waals surface area contributed by atoms with Crippen molar-refractivity contribution >= 4 is 5.82 Å². The summed E-state index contributed by atoms with van der Waals surface area (Å²) in [5.74, 6) is 0.762. The molecule has 1 aliphatic rings. The first-order chi connectivity index (χ1) is 6.54. The molecule has 0 atom stereocenters. The van der Waals surface area contributed by atoms with Crippen molar-refractivity contribution in [2.75, 3.05) is 18.5 Å². The van der Waals surface area contributed by atoms with Crippen molar-refractivity contribution < 1.29 is 0 Å². The highest BCUT2D eigenvalue weighted by Gasteiger charge is 2.23. The van der Waals surface area contributed by atoms with Crippen molar-refractivity contribution in [1.82, 2.24) is 9.13 Å². The Kier molecular flexibility index (Phi) is 1.77. The number of hydrogen-bond donors (Lipinski definition) is 0. The summed E-state index contributed by atoms with van der Waals surface area (Å²) in [6.45, 7) is 0.807. The molecule has 5 nitrogen and oxygen atoms in total. The van der Waals surface area contributed by atoms with Crippen LogP contribution in [0.3, 0.4) is 0 Å². The summed E-state index contributed by atoms with van der Waals surface area (Å²) in [7, 11) is 5.11. The minimum Gasteiger partial charge on any atom is -0.360 e. The highest BCUT2D eigenvalue weighted by Crippen LogP contribution is 2.20. The van der Waals surface area contributed by atoms with Crippen LogP contribution in [0.4, 0.5) is 5.82 Å². The van der Waals surface area contributed by atoms with Crippen molar-refractivity contribution in [2.24, 2.45) is 14.1 Å². The minimum absolute atomic E-state index is 0.160. The van der Waals surface area contributed by atoms with Crippen LogP contribution in [0.15, 0.2) is 9.59 Å². The van der Waals surface area contributed by atoms with Crippen LogP contribution in [-0.4, -0.2) is 22.7 Å². The number of anilines is 1. The average molecular weight is 195 g/mol. The number of fused-ring (bicyclic) bond motifs is 1. The van der Waals surface area contributed by atoms with Gasteiger partial charge in [-0.25, -0.2) is 4.79 Å².